The molecule has 7 nitrogen and oxygen atoms in total. The Bertz CT molecular complexity index is 1130. The number of aromatic amines is 1. The van der Waals surface area contributed by atoms with E-state index in [9.17, 15) is 9.59 Å². The summed E-state index contributed by atoms with van der Waals surface area (Å²) in [4.78, 5) is 26.7. The zero-order valence-electron chi connectivity index (χ0n) is 17.2. The Morgan fingerprint density at radius 1 is 1.16 bits per heavy atom. The van der Waals surface area contributed by atoms with Crippen LogP contribution in [0.3, 0.4) is 0 Å². The van der Waals surface area contributed by atoms with Crippen LogP contribution in [0, 0.1) is 0 Å². The van der Waals surface area contributed by atoms with Crippen molar-refractivity contribution in [3.8, 4) is 0 Å². The standard InChI is InChI=1S/C23H25ClN4O3/c24-9-3-6-22(29)25-20-15-16(7-8-21(20)28-10-12-31-13-11-28)14-19-17-4-1-2-5-18(17)23(30)27-26-19/h1-2,4-5,7-8,15H,3,6,9-14H2,(H,25,29)(H,27,30). The van der Waals surface area contributed by atoms with Crippen LogP contribution < -0.4 is 15.8 Å². The number of fused-ring (bicyclic) bond motifs is 1. The fourth-order valence-corrected chi connectivity index (χ4v) is 3.95. The predicted octanol–water partition coefficient (Wildman–Crippen LogP) is 3.31. The maximum absolute atomic E-state index is 12.4. The molecule has 0 atom stereocenters. The molecule has 0 unspecified atom stereocenters. The molecule has 1 aliphatic rings. The van der Waals surface area contributed by atoms with Crippen molar-refractivity contribution in [1.29, 1.82) is 0 Å². The number of carbonyl (C=O) groups excluding carboxylic acids is 1. The van der Waals surface area contributed by atoms with E-state index in [4.69, 9.17) is 16.3 Å². The molecular formula is C23H25ClN4O3. The topological polar surface area (TPSA) is 87.3 Å². The van der Waals surface area contributed by atoms with Gasteiger partial charge >= 0.3 is 0 Å². The average molecular weight is 441 g/mol. The smallest absolute Gasteiger partial charge is 0.272 e. The summed E-state index contributed by atoms with van der Waals surface area (Å²) in [6.45, 7) is 2.87. The molecule has 0 spiro atoms. The molecule has 0 aliphatic carbocycles. The van der Waals surface area contributed by atoms with Crippen LogP contribution in [0.15, 0.2) is 47.3 Å². The third-order valence-electron chi connectivity index (χ3n) is 5.37. The number of hydrogen-bond acceptors (Lipinski definition) is 5. The van der Waals surface area contributed by atoms with Crippen molar-refractivity contribution < 1.29 is 9.53 Å². The summed E-state index contributed by atoms with van der Waals surface area (Å²) < 4.78 is 5.47. The average Bonchev–Trinajstić information content (AvgIpc) is 2.80. The fourth-order valence-electron chi connectivity index (χ4n) is 3.81. The number of hydrogen-bond donors (Lipinski definition) is 2. The zero-order chi connectivity index (χ0) is 21.6. The molecule has 1 amide bonds. The molecule has 2 heterocycles. The van der Waals surface area contributed by atoms with Crippen molar-refractivity contribution in [2.24, 2.45) is 0 Å². The Hall–Kier alpha value is -2.90. The monoisotopic (exact) mass is 440 g/mol. The van der Waals surface area contributed by atoms with Gasteiger partial charge in [0.2, 0.25) is 5.91 Å². The summed E-state index contributed by atoms with van der Waals surface area (Å²) in [7, 11) is 0. The predicted molar refractivity (Wildman–Crippen MR) is 123 cm³/mol. The third-order valence-corrected chi connectivity index (χ3v) is 5.64. The minimum atomic E-state index is -0.200. The normalized spacial score (nSPS) is 14.0. The van der Waals surface area contributed by atoms with Gasteiger partial charge in [-0.25, -0.2) is 5.10 Å². The number of carbonyl (C=O) groups is 1. The van der Waals surface area contributed by atoms with Crippen molar-refractivity contribution in [2.45, 2.75) is 19.3 Å². The summed E-state index contributed by atoms with van der Waals surface area (Å²) in [6, 6.07) is 13.5. The number of H-pyrrole nitrogens is 1. The van der Waals surface area contributed by atoms with Crippen LogP contribution in [0.2, 0.25) is 0 Å². The summed E-state index contributed by atoms with van der Waals surface area (Å²) in [6.07, 6.45) is 1.54. The highest BCUT2D eigenvalue weighted by Crippen LogP contribution is 2.29. The molecule has 1 fully saturated rings. The van der Waals surface area contributed by atoms with Gasteiger partial charge in [-0.2, -0.15) is 5.10 Å². The van der Waals surface area contributed by atoms with Crippen LogP contribution in [0.4, 0.5) is 11.4 Å². The number of nitrogens with zero attached hydrogens (tertiary/aromatic N) is 2. The van der Waals surface area contributed by atoms with Crippen LogP contribution in [-0.2, 0) is 16.0 Å². The van der Waals surface area contributed by atoms with Crippen molar-refractivity contribution in [2.75, 3.05) is 42.4 Å². The molecule has 162 valence electrons. The Morgan fingerprint density at radius 3 is 2.71 bits per heavy atom. The summed E-state index contributed by atoms with van der Waals surface area (Å²) in [5.41, 5.74) is 3.33. The van der Waals surface area contributed by atoms with Gasteiger partial charge in [-0.15, -0.1) is 11.6 Å². The number of rotatable bonds is 7. The minimum absolute atomic E-state index is 0.0556. The molecule has 1 aliphatic heterocycles. The second kappa shape index (κ2) is 9.94. The van der Waals surface area contributed by atoms with E-state index in [-0.39, 0.29) is 11.5 Å². The Kier molecular flexibility index (Phi) is 6.84. The minimum Gasteiger partial charge on any atom is -0.378 e. The molecule has 0 saturated carbocycles. The summed E-state index contributed by atoms with van der Waals surface area (Å²) in [5.74, 6) is 0.397. The largest absolute Gasteiger partial charge is 0.378 e. The molecule has 8 heteroatoms. The van der Waals surface area contributed by atoms with E-state index in [2.05, 4.69) is 20.4 Å². The Morgan fingerprint density at radius 2 is 1.94 bits per heavy atom. The van der Waals surface area contributed by atoms with E-state index in [0.29, 0.717) is 43.7 Å². The van der Waals surface area contributed by atoms with Crippen LogP contribution >= 0.6 is 11.6 Å². The van der Waals surface area contributed by atoms with Gasteiger partial charge in [0.15, 0.2) is 0 Å². The maximum atomic E-state index is 12.4. The number of amides is 1. The van der Waals surface area contributed by atoms with E-state index in [0.717, 1.165) is 41.1 Å². The molecular weight excluding hydrogens is 416 g/mol. The number of anilines is 2. The van der Waals surface area contributed by atoms with Crippen molar-refractivity contribution in [1.82, 2.24) is 10.2 Å². The number of halogens is 1. The number of benzene rings is 2. The molecule has 1 saturated heterocycles. The third kappa shape index (κ3) is 5.06. The molecule has 0 radical (unpaired) electrons. The van der Waals surface area contributed by atoms with Crippen molar-refractivity contribution in [3.63, 3.8) is 0 Å². The first-order chi connectivity index (χ1) is 15.2. The van der Waals surface area contributed by atoms with Crippen LogP contribution in [-0.4, -0.2) is 48.3 Å². The van der Waals surface area contributed by atoms with Crippen LogP contribution in [0.1, 0.15) is 24.1 Å². The lowest BCUT2D eigenvalue weighted by atomic mass is 10.0. The van der Waals surface area contributed by atoms with Crippen LogP contribution in [0.5, 0.6) is 0 Å². The summed E-state index contributed by atoms with van der Waals surface area (Å²) >= 11 is 5.74. The number of ether oxygens (including phenoxy) is 1. The first kappa shape index (κ1) is 21.3. The molecule has 0 bridgehead atoms. The second-order valence-electron chi connectivity index (χ2n) is 7.51. The molecule has 3 aromatic rings. The van der Waals surface area contributed by atoms with Gasteiger partial charge in [0, 0.05) is 37.2 Å². The SMILES string of the molecule is O=C(CCCCl)Nc1cc(Cc2n[nH]c(=O)c3ccccc23)ccc1N1CCOCC1. The Balaban J connectivity index is 1.65. The molecule has 2 aromatic carbocycles. The van der Waals surface area contributed by atoms with E-state index < -0.39 is 0 Å². The highest BCUT2D eigenvalue weighted by molar-refractivity contribution is 6.18. The van der Waals surface area contributed by atoms with Crippen molar-refractivity contribution in [3.05, 3.63) is 64.1 Å². The van der Waals surface area contributed by atoms with Crippen LogP contribution in [0.25, 0.3) is 10.8 Å². The molecule has 31 heavy (non-hydrogen) atoms. The lowest BCUT2D eigenvalue weighted by Crippen LogP contribution is -2.36. The van der Waals surface area contributed by atoms with Gasteiger partial charge in [-0.05, 0) is 30.2 Å². The first-order valence-corrected chi connectivity index (χ1v) is 11.0. The maximum Gasteiger partial charge on any atom is 0.272 e. The van der Waals surface area contributed by atoms with Crippen molar-refractivity contribution >= 4 is 39.7 Å². The highest BCUT2D eigenvalue weighted by Gasteiger charge is 2.17. The molecule has 2 N–H and O–H groups in total. The number of morpholine rings is 1. The number of alkyl halides is 1. The number of aromatic nitrogens is 2. The number of nitrogens with one attached hydrogen (secondary N) is 2. The molecule has 1 aromatic heterocycles. The van der Waals surface area contributed by atoms with Gasteiger partial charge in [0.1, 0.15) is 0 Å². The molecule has 4 rings (SSSR count). The van der Waals surface area contributed by atoms with Gasteiger partial charge in [0.25, 0.3) is 5.56 Å². The zero-order valence-corrected chi connectivity index (χ0v) is 18.0. The van der Waals surface area contributed by atoms with Gasteiger partial charge in [-0.3, -0.25) is 9.59 Å². The lowest BCUT2D eigenvalue weighted by Gasteiger charge is -2.31. The van der Waals surface area contributed by atoms with E-state index in [1.807, 2.05) is 36.4 Å². The quantitative estimate of drug-likeness (QED) is 0.550. The second-order valence-corrected chi connectivity index (χ2v) is 7.89. The van der Waals surface area contributed by atoms with E-state index in [1.165, 1.54) is 0 Å². The van der Waals surface area contributed by atoms with E-state index in [1.54, 1.807) is 6.07 Å². The van der Waals surface area contributed by atoms with E-state index >= 15 is 0 Å². The lowest BCUT2D eigenvalue weighted by molar-refractivity contribution is -0.116. The van der Waals surface area contributed by atoms with Gasteiger partial charge in [-0.1, -0.05) is 24.3 Å². The fraction of sp³-hybridized carbons (Fsp3) is 0.348. The first-order valence-electron chi connectivity index (χ1n) is 10.4. The Labute approximate surface area is 185 Å². The van der Waals surface area contributed by atoms with Gasteiger partial charge < -0.3 is 15.0 Å². The highest BCUT2D eigenvalue weighted by atomic mass is 35.5. The summed E-state index contributed by atoms with van der Waals surface area (Å²) in [5, 5.41) is 11.4. The van der Waals surface area contributed by atoms with Gasteiger partial charge in [0.05, 0.1) is 35.7 Å².